The van der Waals surface area contributed by atoms with Crippen LogP contribution in [0, 0.1) is 5.41 Å². The van der Waals surface area contributed by atoms with E-state index >= 15 is 0 Å². The Balaban J connectivity index is 2.32. The third-order valence-electron chi connectivity index (χ3n) is 3.34. The van der Waals surface area contributed by atoms with Crippen LogP contribution in [0.4, 0.5) is 13.2 Å². The van der Waals surface area contributed by atoms with Gasteiger partial charge in [0, 0.05) is 5.92 Å². The molecule has 0 radical (unpaired) electrons. The summed E-state index contributed by atoms with van der Waals surface area (Å²) >= 11 is 1.29. The largest absolute Gasteiger partial charge is 0.481 e. The minimum Gasteiger partial charge on any atom is -0.481 e. The van der Waals surface area contributed by atoms with Crippen LogP contribution >= 0.6 is 11.3 Å². The first-order valence-electron chi connectivity index (χ1n) is 5.17. The molecule has 1 aliphatic rings. The fourth-order valence-electron chi connectivity index (χ4n) is 2.24. The maximum Gasteiger partial charge on any atom is 0.395 e. The van der Waals surface area contributed by atoms with Crippen molar-refractivity contribution < 1.29 is 23.1 Å². The van der Waals surface area contributed by atoms with Gasteiger partial charge in [-0.1, -0.05) is 0 Å². The van der Waals surface area contributed by atoms with Crippen LogP contribution in [0.3, 0.4) is 0 Å². The Morgan fingerprint density at radius 1 is 1.53 bits per heavy atom. The molecule has 0 bridgehead atoms. The van der Waals surface area contributed by atoms with Crippen molar-refractivity contribution in [2.45, 2.75) is 31.4 Å². The third kappa shape index (κ3) is 2.18. The van der Waals surface area contributed by atoms with E-state index in [1.165, 1.54) is 11.3 Å². The summed E-state index contributed by atoms with van der Waals surface area (Å²) in [7, 11) is 0. The molecule has 1 heterocycles. The summed E-state index contributed by atoms with van der Waals surface area (Å²) in [6.45, 7) is 0. The minimum absolute atomic E-state index is 0.0320. The van der Waals surface area contributed by atoms with Crippen molar-refractivity contribution in [2.75, 3.05) is 0 Å². The smallest absolute Gasteiger partial charge is 0.395 e. The van der Waals surface area contributed by atoms with E-state index < -0.39 is 29.9 Å². The monoisotopic (exact) mass is 264 g/mol. The zero-order chi connectivity index (χ0) is 12.7. The predicted molar refractivity (Wildman–Crippen MR) is 57.0 cm³/mol. The highest BCUT2D eigenvalue weighted by Gasteiger charge is 2.67. The fourth-order valence-corrected chi connectivity index (χ4v) is 2.96. The second-order valence-electron chi connectivity index (χ2n) is 4.36. The van der Waals surface area contributed by atoms with Gasteiger partial charge in [-0.3, -0.25) is 4.79 Å². The molecular weight excluding hydrogens is 253 g/mol. The molecule has 1 atom stereocenters. The van der Waals surface area contributed by atoms with E-state index in [2.05, 4.69) is 0 Å². The van der Waals surface area contributed by atoms with E-state index in [0.717, 1.165) is 0 Å². The van der Waals surface area contributed by atoms with E-state index in [9.17, 15) is 18.0 Å². The molecule has 6 heteroatoms. The number of hydrogen-bond acceptors (Lipinski definition) is 2. The van der Waals surface area contributed by atoms with Gasteiger partial charge in [0.1, 0.15) is 0 Å². The van der Waals surface area contributed by atoms with Crippen LogP contribution in [-0.4, -0.2) is 17.3 Å². The summed E-state index contributed by atoms with van der Waals surface area (Å²) in [5.74, 6) is -2.14. The molecule has 0 aromatic carbocycles. The maximum atomic E-state index is 13.0. The number of thiophene rings is 1. The Kier molecular flexibility index (Phi) is 2.93. The van der Waals surface area contributed by atoms with Crippen LogP contribution in [0.15, 0.2) is 16.8 Å². The molecule has 1 aromatic heterocycles. The van der Waals surface area contributed by atoms with Crippen LogP contribution in [0.1, 0.15) is 30.7 Å². The Hall–Kier alpha value is -1.04. The Morgan fingerprint density at radius 2 is 2.18 bits per heavy atom. The SMILES string of the molecule is O=C(O)CC(c1ccsc1)C1(C(F)(F)F)CC1. The van der Waals surface area contributed by atoms with Crippen molar-refractivity contribution in [3.63, 3.8) is 0 Å². The average Bonchev–Trinajstić information content (AvgIpc) is 2.83. The number of alkyl halides is 3. The van der Waals surface area contributed by atoms with Gasteiger partial charge in [-0.15, -0.1) is 0 Å². The second-order valence-corrected chi connectivity index (χ2v) is 5.14. The fraction of sp³-hybridized carbons (Fsp3) is 0.545. The number of carboxylic acid groups (broad SMARTS) is 1. The summed E-state index contributed by atoms with van der Waals surface area (Å²) in [6, 6.07) is 1.59. The summed E-state index contributed by atoms with van der Waals surface area (Å²) in [5, 5.41) is 12.1. The molecule has 0 spiro atoms. The molecule has 1 fully saturated rings. The Labute approximate surface area is 100 Å². The van der Waals surface area contributed by atoms with Gasteiger partial charge in [0.2, 0.25) is 0 Å². The molecule has 1 N–H and O–H groups in total. The summed E-state index contributed by atoms with van der Waals surface area (Å²) < 4.78 is 39.0. The quantitative estimate of drug-likeness (QED) is 0.901. The lowest BCUT2D eigenvalue weighted by atomic mass is 9.81. The Bertz CT molecular complexity index is 407. The highest BCUT2D eigenvalue weighted by atomic mass is 32.1. The van der Waals surface area contributed by atoms with Crippen molar-refractivity contribution in [1.29, 1.82) is 0 Å². The van der Waals surface area contributed by atoms with Crippen molar-refractivity contribution in [2.24, 2.45) is 5.41 Å². The van der Waals surface area contributed by atoms with E-state index in [0.29, 0.717) is 5.56 Å². The first-order chi connectivity index (χ1) is 7.87. The van der Waals surface area contributed by atoms with Crippen LogP contribution < -0.4 is 0 Å². The third-order valence-corrected chi connectivity index (χ3v) is 4.05. The normalized spacial score (nSPS) is 19.9. The number of aliphatic carboxylic acids is 1. The molecular formula is C11H11F3O2S. The van der Waals surface area contributed by atoms with E-state index in [4.69, 9.17) is 5.11 Å². The minimum atomic E-state index is -4.32. The molecule has 2 nitrogen and oxygen atoms in total. The van der Waals surface area contributed by atoms with Crippen molar-refractivity contribution in [1.82, 2.24) is 0 Å². The molecule has 1 saturated carbocycles. The first kappa shape index (κ1) is 12.4. The van der Waals surface area contributed by atoms with E-state index in [-0.39, 0.29) is 12.8 Å². The van der Waals surface area contributed by atoms with E-state index in [1.54, 1.807) is 16.8 Å². The molecule has 1 aromatic rings. The van der Waals surface area contributed by atoms with Crippen molar-refractivity contribution >= 4 is 17.3 Å². The topological polar surface area (TPSA) is 37.3 Å². The highest BCUT2D eigenvalue weighted by Crippen LogP contribution is 2.66. The molecule has 1 unspecified atom stereocenters. The number of hydrogen-bond donors (Lipinski definition) is 1. The maximum absolute atomic E-state index is 13.0. The lowest BCUT2D eigenvalue weighted by Crippen LogP contribution is -2.32. The molecule has 1 aliphatic carbocycles. The zero-order valence-electron chi connectivity index (χ0n) is 8.83. The van der Waals surface area contributed by atoms with Crippen LogP contribution in [0.5, 0.6) is 0 Å². The first-order valence-corrected chi connectivity index (χ1v) is 6.12. The zero-order valence-corrected chi connectivity index (χ0v) is 9.64. The summed E-state index contributed by atoms with van der Waals surface area (Å²) in [6.07, 6.45) is -4.72. The average molecular weight is 264 g/mol. The molecule has 0 saturated heterocycles. The van der Waals surface area contributed by atoms with Crippen molar-refractivity contribution in [3.8, 4) is 0 Å². The van der Waals surface area contributed by atoms with Crippen LogP contribution in [0.25, 0.3) is 0 Å². The molecule has 94 valence electrons. The molecule has 17 heavy (non-hydrogen) atoms. The predicted octanol–water partition coefficient (Wildman–Crippen LogP) is 3.65. The molecule has 0 aliphatic heterocycles. The lowest BCUT2D eigenvalue weighted by Gasteiger charge is -2.27. The number of halogens is 3. The van der Waals surface area contributed by atoms with Crippen LogP contribution in [-0.2, 0) is 4.79 Å². The molecule has 0 amide bonds. The van der Waals surface area contributed by atoms with Gasteiger partial charge < -0.3 is 5.11 Å². The van der Waals surface area contributed by atoms with Gasteiger partial charge in [0.05, 0.1) is 11.8 Å². The van der Waals surface area contributed by atoms with Gasteiger partial charge in [-0.25, -0.2) is 0 Å². The standard InChI is InChI=1S/C11H11F3O2S/c12-11(13,14)10(2-3-10)8(5-9(15)16)7-1-4-17-6-7/h1,4,6,8H,2-3,5H2,(H,15,16). The van der Waals surface area contributed by atoms with E-state index in [1.807, 2.05) is 0 Å². The van der Waals surface area contributed by atoms with Gasteiger partial charge in [-0.05, 0) is 35.2 Å². The van der Waals surface area contributed by atoms with Gasteiger partial charge in [0.15, 0.2) is 0 Å². The van der Waals surface area contributed by atoms with Crippen molar-refractivity contribution in [3.05, 3.63) is 22.4 Å². The van der Waals surface area contributed by atoms with Gasteiger partial charge in [0.25, 0.3) is 0 Å². The number of rotatable bonds is 4. The summed E-state index contributed by atoms with van der Waals surface area (Å²) in [4.78, 5) is 10.7. The lowest BCUT2D eigenvalue weighted by molar-refractivity contribution is -0.195. The van der Waals surface area contributed by atoms with Gasteiger partial charge in [-0.2, -0.15) is 24.5 Å². The number of carbonyl (C=O) groups is 1. The summed E-state index contributed by atoms with van der Waals surface area (Å²) in [5.41, 5.74) is -1.32. The Morgan fingerprint density at radius 3 is 2.53 bits per heavy atom. The molecule has 2 rings (SSSR count). The second kappa shape index (κ2) is 4.01. The van der Waals surface area contributed by atoms with Crippen LogP contribution in [0.2, 0.25) is 0 Å². The van der Waals surface area contributed by atoms with Gasteiger partial charge >= 0.3 is 12.1 Å². The highest BCUT2D eigenvalue weighted by molar-refractivity contribution is 7.08. The number of carboxylic acids is 1.